The van der Waals surface area contributed by atoms with E-state index in [2.05, 4.69) is 33.4 Å². The number of aromatic nitrogens is 4. The van der Waals surface area contributed by atoms with Gasteiger partial charge in [0.25, 0.3) is 0 Å². The van der Waals surface area contributed by atoms with Crippen LogP contribution >= 0.6 is 0 Å². The molecule has 0 aliphatic rings. The molecule has 2 aromatic rings. The summed E-state index contributed by atoms with van der Waals surface area (Å²) in [5, 5.41) is 0. The second-order valence-corrected chi connectivity index (χ2v) is 4.28. The van der Waals surface area contributed by atoms with Gasteiger partial charge >= 0.3 is 0 Å². The molecule has 18 heavy (non-hydrogen) atoms. The van der Waals surface area contributed by atoms with Gasteiger partial charge in [-0.05, 0) is 12.8 Å². The van der Waals surface area contributed by atoms with Crippen LogP contribution in [0.5, 0.6) is 0 Å². The van der Waals surface area contributed by atoms with Crippen molar-refractivity contribution in [3.05, 3.63) is 24.3 Å². The number of imidazole rings is 1. The van der Waals surface area contributed by atoms with Crippen molar-refractivity contribution in [1.82, 2.24) is 19.5 Å². The lowest BCUT2D eigenvalue weighted by molar-refractivity contribution is 0.682. The minimum Gasteiger partial charge on any atom is -0.383 e. The third kappa shape index (κ3) is 2.34. The molecule has 0 saturated carbocycles. The summed E-state index contributed by atoms with van der Waals surface area (Å²) in [5.41, 5.74) is 7.82. The third-order valence-electron chi connectivity index (χ3n) is 2.87. The van der Waals surface area contributed by atoms with Crippen LogP contribution in [-0.2, 0) is 13.0 Å². The van der Waals surface area contributed by atoms with Crippen LogP contribution in [0.3, 0.4) is 0 Å². The molecule has 0 saturated heterocycles. The molecular formula is C13H19N5. The van der Waals surface area contributed by atoms with E-state index >= 15 is 0 Å². The first kappa shape index (κ1) is 12.5. The van der Waals surface area contributed by atoms with Crippen LogP contribution < -0.4 is 5.73 Å². The van der Waals surface area contributed by atoms with E-state index in [1.807, 2.05) is 6.20 Å². The molecule has 96 valence electrons. The van der Waals surface area contributed by atoms with Gasteiger partial charge in [-0.3, -0.25) is 0 Å². The molecule has 5 nitrogen and oxygen atoms in total. The third-order valence-corrected chi connectivity index (χ3v) is 2.87. The predicted octanol–water partition coefficient (Wildman–Crippen LogP) is 2.28. The van der Waals surface area contributed by atoms with Gasteiger partial charge in [0.15, 0.2) is 5.82 Å². The highest BCUT2D eigenvalue weighted by Crippen LogP contribution is 2.24. The zero-order valence-electron chi connectivity index (χ0n) is 10.9. The summed E-state index contributed by atoms with van der Waals surface area (Å²) in [5.74, 6) is 1.45. The normalized spacial score (nSPS) is 10.8. The van der Waals surface area contributed by atoms with Crippen LogP contribution in [0.15, 0.2) is 18.7 Å². The molecule has 2 N–H and O–H groups in total. The minimum absolute atomic E-state index is 0.563. The summed E-state index contributed by atoms with van der Waals surface area (Å²) in [4.78, 5) is 12.8. The van der Waals surface area contributed by atoms with Crippen LogP contribution in [-0.4, -0.2) is 19.5 Å². The number of hydrogen-bond acceptors (Lipinski definition) is 4. The first-order chi connectivity index (χ1) is 8.77. The van der Waals surface area contributed by atoms with Gasteiger partial charge in [0.1, 0.15) is 17.8 Å². The largest absolute Gasteiger partial charge is 0.383 e. The van der Waals surface area contributed by atoms with E-state index in [1.165, 1.54) is 6.33 Å². The van der Waals surface area contributed by atoms with E-state index in [4.69, 9.17) is 5.73 Å². The number of rotatable bonds is 5. The Kier molecular flexibility index (Phi) is 3.92. The monoisotopic (exact) mass is 245 g/mol. The number of anilines is 1. The Balaban J connectivity index is 2.49. The summed E-state index contributed by atoms with van der Waals surface area (Å²) in [6, 6.07) is 0. The lowest BCUT2D eigenvalue weighted by Crippen LogP contribution is -2.06. The van der Waals surface area contributed by atoms with Gasteiger partial charge in [0.2, 0.25) is 0 Å². The van der Waals surface area contributed by atoms with E-state index in [9.17, 15) is 0 Å². The van der Waals surface area contributed by atoms with Gasteiger partial charge in [-0.2, -0.15) is 0 Å². The number of nitrogens with zero attached hydrogens (tertiary/aromatic N) is 4. The Hall–Kier alpha value is -1.91. The van der Waals surface area contributed by atoms with Gasteiger partial charge in [-0.25, -0.2) is 15.0 Å². The Labute approximate surface area is 107 Å². The van der Waals surface area contributed by atoms with Gasteiger partial charge in [-0.15, -0.1) is 0 Å². The molecule has 2 heterocycles. The molecule has 0 amide bonds. The van der Waals surface area contributed by atoms with Crippen molar-refractivity contribution in [2.45, 2.75) is 39.7 Å². The van der Waals surface area contributed by atoms with E-state index in [1.54, 1.807) is 6.20 Å². The average Bonchev–Trinajstić information content (AvgIpc) is 2.81. The van der Waals surface area contributed by atoms with Crippen LogP contribution in [0.4, 0.5) is 5.82 Å². The zero-order valence-corrected chi connectivity index (χ0v) is 10.9. The summed E-state index contributed by atoms with van der Waals surface area (Å²) >= 11 is 0. The lowest BCUT2D eigenvalue weighted by Gasteiger charge is -2.11. The fourth-order valence-corrected chi connectivity index (χ4v) is 2.06. The fraction of sp³-hybridized carbons (Fsp3) is 0.462. The zero-order chi connectivity index (χ0) is 13.0. The summed E-state index contributed by atoms with van der Waals surface area (Å²) in [6.07, 6.45) is 8.24. The Morgan fingerprint density at radius 2 is 2.00 bits per heavy atom. The Morgan fingerprint density at radius 1 is 1.17 bits per heavy atom. The quantitative estimate of drug-likeness (QED) is 0.877. The second kappa shape index (κ2) is 5.62. The van der Waals surface area contributed by atoms with Gasteiger partial charge in [0, 0.05) is 24.5 Å². The summed E-state index contributed by atoms with van der Waals surface area (Å²) in [7, 11) is 0. The number of nitrogen functional groups attached to an aromatic ring is 1. The van der Waals surface area contributed by atoms with Gasteiger partial charge < -0.3 is 10.3 Å². The molecule has 0 atom stereocenters. The van der Waals surface area contributed by atoms with Gasteiger partial charge in [-0.1, -0.05) is 20.3 Å². The van der Waals surface area contributed by atoms with E-state index in [-0.39, 0.29) is 0 Å². The van der Waals surface area contributed by atoms with Crippen molar-refractivity contribution in [3.63, 3.8) is 0 Å². The van der Waals surface area contributed by atoms with Crippen molar-refractivity contribution in [3.8, 4) is 11.5 Å². The summed E-state index contributed by atoms with van der Waals surface area (Å²) in [6.45, 7) is 5.20. The molecule has 0 aliphatic carbocycles. The topological polar surface area (TPSA) is 69.6 Å². The average molecular weight is 245 g/mol. The highest BCUT2D eigenvalue weighted by Gasteiger charge is 2.14. The van der Waals surface area contributed by atoms with Crippen molar-refractivity contribution >= 4 is 5.82 Å². The van der Waals surface area contributed by atoms with E-state index < -0.39 is 0 Å². The van der Waals surface area contributed by atoms with Crippen LogP contribution in [0.1, 0.15) is 32.3 Å². The Morgan fingerprint density at radius 3 is 2.72 bits per heavy atom. The first-order valence-electron chi connectivity index (χ1n) is 6.38. The molecule has 0 fully saturated rings. The molecule has 2 rings (SSSR count). The number of hydrogen-bond donors (Lipinski definition) is 1. The number of nitrogens with two attached hydrogens (primary N) is 1. The highest BCUT2D eigenvalue weighted by atomic mass is 15.1. The van der Waals surface area contributed by atoms with Crippen LogP contribution in [0.2, 0.25) is 0 Å². The van der Waals surface area contributed by atoms with Crippen LogP contribution in [0.25, 0.3) is 11.5 Å². The van der Waals surface area contributed by atoms with Crippen molar-refractivity contribution < 1.29 is 0 Å². The SMILES string of the molecule is CCCc1c(N)ncnc1-c1nccn1CCC. The lowest BCUT2D eigenvalue weighted by atomic mass is 10.1. The molecule has 0 aromatic carbocycles. The molecule has 2 aromatic heterocycles. The van der Waals surface area contributed by atoms with E-state index in [0.29, 0.717) is 5.82 Å². The molecule has 0 spiro atoms. The van der Waals surface area contributed by atoms with Crippen molar-refractivity contribution in [2.24, 2.45) is 0 Å². The number of aryl methyl sites for hydroxylation is 1. The predicted molar refractivity (Wildman–Crippen MR) is 72.0 cm³/mol. The second-order valence-electron chi connectivity index (χ2n) is 4.28. The van der Waals surface area contributed by atoms with Crippen molar-refractivity contribution in [2.75, 3.05) is 5.73 Å². The van der Waals surface area contributed by atoms with Crippen LogP contribution in [0, 0.1) is 0 Å². The maximum Gasteiger partial charge on any atom is 0.159 e. The smallest absolute Gasteiger partial charge is 0.159 e. The highest BCUT2D eigenvalue weighted by molar-refractivity contribution is 5.61. The maximum atomic E-state index is 5.95. The molecule has 5 heteroatoms. The molecule has 0 bridgehead atoms. The fourth-order valence-electron chi connectivity index (χ4n) is 2.06. The summed E-state index contributed by atoms with van der Waals surface area (Å²) < 4.78 is 2.11. The minimum atomic E-state index is 0.563. The van der Waals surface area contributed by atoms with Gasteiger partial charge in [0.05, 0.1) is 0 Å². The standard InChI is InChI=1S/C13H19N5/c1-3-5-10-11(16-9-17-12(10)14)13-15-6-8-18(13)7-4-2/h6,8-9H,3-5,7H2,1-2H3,(H2,14,16,17). The Bertz CT molecular complexity index is 518. The van der Waals surface area contributed by atoms with E-state index in [0.717, 1.165) is 42.9 Å². The van der Waals surface area contributed by atoms with Crippen molar-refractivity contribution in [1.29, 1.82) is 0 Å². The first-order valence-corrected chi connectivity index (χ1v) is 6.38. The molecule has 0 radical (unpaired) electrons. The maximum absolute atomic E-state index is 5.95. The molecule has 0 aliphatic heterocycles. The molecular weight excluding hydrogens is 226 g/mol. The molecule has 0 unspecified atom stereocenters.